The van der Waals surface area contributed by atoms with Crippen LogP contribution < -0.4 is 10.6 Å². The van der Waals surface area contributed by atoms with Gasteiger partial charge in [0.1, 0.15) is 5.54 Å². The summed E-state index contributed by atoms with van der Waals surface area (Å²) in [6, 6.07) is -0.0391. The maximum Gasteiger partial charge on any atom is 0.329 e. The molecule has 2 saturated heterocycles. The molecule has 2 heterocycles. The van der Waals surface area contributed by atoms with Gasteiger partial charge >= 0.3 is 12.0 Å². The predicted octanol–water partition coefficient (Wildman–Crippen LogP) is 1.17. The van der Waals surface area contributed by atoms with E-state index in [2.05, 4.69) is 10.6 Å². The van der Waals surface area contributed by atoms with E-state index in [1.807, 2.05) is 6.92 Å². The van der Waals surface area contributed by atoms with Gasteiger partial charge in [-0.1, -0.05) is 13.3 Å². The number of nitrogens with one attached hydrogen (secondary N) is 2. The molecule has 20 heavy (non-hydrogen) atoms. The van der Waals surface area contributed by atoms with Crippen molar-refractivity contribution in [2.75, 3.05) is 19.6 Å². The molecule has 2 rings (SSSR count). The molecule has 6 heteroatoms. The number of carboxylic acids is 1. The number of carbonyl (C=O) groups is 2. The van der Waals surface area contributed by atoms with Crippen molar-refractivity contribution in [1.29, 1.82) is 0 Å². The first-order valence-corrected chi connectivity index (χ1v) is 7.62. The number of rotatable bonds is 4. The van der Waals surface area contributed by atoms with Gasteiger partial charge in [-0.2, -0.15) is 0 Å². The third kappa shape index (κ3) is 2.90. The maximum atomic E-state index is 12.4. The normalized spacial score (nSPS) is 27.6. The van der Waals surface area contributed by atoms with E-state index in [4.69, 9.17) is 0 Å². The Hall–Kier alpha value is -1.30. The number of hydrogen-bond donors (Lipinski definition) is 3. The lowest BCUT2D eigenvalue weighted by Gasteiger charge is -2.36. The van der Waals surface area contributed by atoms with Crippen LogP contribution >= 0.6 is 0 Å². The van der Waals surface area contributed by atoms with E-state index in [1.54, 1.807) is 4.90 Å². The summed E-state index contributed by atoms with van der Waals surface area (Å²) in [5.74, 6) is -0.864. The topological polar surface area (TPSA) is 81.7 Å². The summed E-state index contributed by atoms with van der Waals surface area (Å²) in [6.45, 7) is 4.32. The van der Waals surface area contributed by atoms with E-state index < -0.39 is 11.5 Å². The van der Waals surface area contributed by atoms with Gasteiger partial charge < -0.3 is 20.6 Å². The lowest BCUT2D eigenvalue weighted by Crippen LogP contribution is -2.58. The molecule has 2 aliphatic rings. The van der Waals surface area contributed by atoms with Crippen LogP contribution in [0.5, 0.6) is 0 Å². The maximum absolute atomic E-state index is 12.4. The van der Waals surface area contributed by atoms with Crippen molar-refractivity contribution >= 4 is 12.0 Å². The molecule has 1 atom stereocenters. The Labute approximate surface area is 119 Å². The minimum absolute atomic E-state index is 0.164. The molecule has 2 fully saturated rings. The number of carbonyl (C=O) groups excluding carboxylic acids is 1. The van der Waals surface area contributed by atoms with Crippen LogP contribution in [0.15, 0.2) is 0 Å². The summed E-state index contributed by atoms with van der Waals surface area (Å²) in [5, 5.41) is 15.9. The lowest BCUT2D eigenvalue weighted by atomic mass is 9.91. The molecule has 2 aliphatic heterocycles. The minimum Gasteiger partial charge on any atom is -0.479 e. The summed E-state index contributed by atoms with van der Waals surface area (Å²) in [6.07, 6.45) is 4.45. The van der Waals surface area contributed by atoms with Crippen molar-refractivity contribution in [3.05, 3.63) is 0 Å². The highest BCUT2D eigenvalue weighted by molar-refractivity contribution is 5.87. The van der Waals surface area contributed by atoms with Crippen molar-refractivity contribution in [3.63, 3.8) is 0 Å². The zero-order chi connectivity index (χ0) is 14.6. The summed E-state index contributed by atoms with van der Waals surface area (Å²) in [7, 11) is 0. The molecule has 0 radical (unpaired) electrons. The molecule has 0 saturated carbocycles. The zero-order valence-electron chi connectivity index (χ0n) is 12.2. The van der Waals surface area contributed by atoms with Crippen molar-refractivity contribution in [2.45, 2.75) is 57.0 Å². The number of urea groups is 1. The standard InChI is InChI=1S/C14H25N3O3/c1-2-6-14(12(18)19)7-3-10-17(14)13(20)16-11-4-8-15-9-5-11/h11,15H,2-10H2,1H3,(H,16,20)(H,18,19). The molecule has 3 N–H and O–H groups in total. The van der Waals surface area contributed by atoms with Crippen LogP contribution in [0.3, 0.4) is 0 Å². The molecule has 0 aliphatic carbocycles. The predicted molar refractivity (Wildman–Crippen MR) is 75.6 cm³/mol. The Morgan fingerprint density at radius 2 is 2.10 bits per heavy atom. The minimum atomic E-state index is -0.994. The van der Waals surface area contributed by atoms with Crippen molar-refractivity contribution in [1.82, 2.24) is 15.5 Å². The highest BCUT2D eigenvalue weighted by Crippen LogP contribution is 2.34. The number of piperidine rings is 1. The average molecular weight is 283 g/mol. The first-order valence-electron chi connectivity index (χ1n) is 7.62. The second-order valence-corrected chi connectivity index (χ2v) is 5.82. The Balaban J connectivity index is 2.04. The first-order chi connectivity index (χ1) is 9.60. The number of aliphatic carboxylic acids is 1. The van der Waals surface area contributed by atoms with Gasteiger partial charge in [0.2, 0.25) is 0 Å². The largest absolute Gasteiger partial charge is 0.479 e. The van der Waals surface area contributed by atoms with E-state index in [1.165, 1.54) is 0 Å². The fourth-order valence-corrected chi connectivity index (χ4v) is 3.40. The summed E-state index contributed by atoms with van der Waals surface area (Å²) < 4.78 is 0. The van der Waals surface area contributed by atoms with E-state index in [-0.39, 0.29) is 12.1 Å². The van der Waals surface area contributed by atoms with Crippen LogP contribution in [0.2, 0.25) is 0 Å². The van der Waals surface area contributed by atoms with Gasteiger partial charge in [-0.05, 0) is 45.2 Å². The molecular weight excluding hydrogens is 258 g/mol. The molecule has 0 aromatic rings. The summed E-state index contributed by atoms with van der Waals surface area (Å²) in [5.41, 5.74) is -0.994. The van der Waals surface area contributed by atoms with Gasteiger partial charge in [-0.25, -0.2) is 9.59 Å². The Morgan fingerprint density at radius 3 is 2.70 bits per heavy atom. The Kier molecular flexibility index (Phi) is 4.86. The fraction of sp³-hybridized carbons (Fsp3) is 0.857. The van der Waals surface area contributed by atoms with Crippen LogP contribution in [0.1, 0.15) is 45.4 Å². The van der Waals surface area contributed by atoms with Crippen LogP contribution in [-0.4, -0.2) is 53.2 Å². The smallest absolute Gasteiger partial charge is 0.329 e. The molecular formula is C14H25N3O3. The highest BCUT2D eigenvalue weighted by atomic mass is 16.4. The fourth-order valence-electron chi connectivity index (χ4n) is 3.40. The van der Waals surface area contributed by atoms with Gasteiger partial charge in [-0.3, -0.25) is 0 Å². The van der Waals surface area contributed by atoms with Gasteiger partial charge in [0.25, 0.3) is 0 Å². The number of amides is 2. The van der Waals surface area contributed by atoms with Gasteiger partial charge in [-0.15, -0.1) is 0 Å². The molecule has 0 bridgehead atoms. The van der Waals surface area contributed by atoms with E-state index in [0.717, 1.165) is 38.8 Å². The van der Waals surface area contributed by atoms with E-state index >= 15 is 0 Å². The summed E-state index contributed by atoms with van der Waals surface area (Å²) >= 11 is 0. The van der Waals surface area contributed by atoms with Crippen LogP contribution in [-0.2, 0) is 4.79 Å². The number of hydrogen-bond acceptors (Lipinski definition) is 3. The molecule has 1 unspecified atom stereocenters. The van der Waals surface area contributed by atoms with E-state index in [9.17, 15) is 14.7 Å². The third-order valence-electron chi connectivity index (χ3n) is 4.46. The summed E-state index contributed by atoms with van der Waals surface area (Å²) in [4.78, 5) is 25.7. The molecule has 0 aromatic carbocycles. The SMILES string of the molecule is CCCC1(C(=O)O)CCCN1C(=O)NC1CCNCC1. The highest BCUT2D eigenvalue weighted by Gasteiger charge is 2.49. The van der Waals surface area contributed by atoms with Gasteiger partial charge in [0.15, 0.2) is 0 Å². The zero-order valence-corrected chi connectivity index (χ0v) is 12.2. The second-order valence-electron chi connectivity index (χ2n) is 5.82. The third-order valence-corrected chi connectivity index (χ3v) is 4.46. The second kappa shape index (κ2) is 6.43. The first kappa shape index (κ1) is 15.1. The molecule has 2 amide bonds. The van der Waals surface area contributed by atoms with Crippen molar-refractivity contribution in [3.8, 4) is 0 Å². The van der Waals surface area contributed by atoms with Crippen LogP contribution in [0.4, 0.5) is 4.79 Å². The lowest BCUT2D eigenvalue weighted by molar-refractivity contribution is -0.148. The van der Waals surface area contributed by atoms with Crippen LogP contribution in [0, 0.1) is 0 Å². The van der Waals surface area contributed by atoms with Crippen molar-refractivity contribution in [2.24, 2.45) is 0 Å². The number of likely N-dealkylation sites (tertiary alicyclic amines) is 1. The van der Waals surface area contributed by atoms with Gasteiger partial charge in [0, 0.05) is 12.6 Å². The van der Waals surface area contributed by atoms with E-state index in [0.29, 0.717) is 19.4 Å². The number of nitrogens with zero attached hydrogens (tertiary/aromatic N) is 1. The molecule has 6 nitrogen and oxygen atoms in total. The molecule has 114 valence electrons. The van der Waals surface area contributed by atoms with Gasteiger partial charge in [0.05, 0.1) is 0 Å². The average Bonchev–Trinajstić information content (AvgIpc) is 2.85. The van der Waals surface area contributed by atoms with Crippen molar-refractivity contribution < 1.29 is 14.7 Å². The quantitative estimate of drug-likeness (QED) is 0.723. The monoisotopic (exact) mass is 283 g/mol. The Morgan fingerprint density at radius 1 is 1.40 bits per heavy atom. The molecule has 0 spiro atoms. The Bertz CT molecular complexity index is 369. The molecule has 0 aromatic heterocycles. The number of carboxylic acid groups (broad SMARTS) is 1. The van der Waals surface area contributed by atoms with Crippen LogP contribution in [0.25, 0.3) is 0 Å².